The van der Waals surface area contributed by atoms with Crippen molar-refractivity contribution in [3.05, 3.63) is 42.2 Å². The highest BCUT2D eigenvalue weighted by Gasteiger charge is 2.27. The second-order valence-electron chi connectivity index (χ2n) is 6.12. The average molecular weight is 347 g/mol. The minimum absolute atomic E-state index is 0.116. The molecule has 1 saturated heterocycles. The number of rotatable bonds is 5. The number of aryl methyl sites for hydroxylation is 1. The number of benzene rings is 1. The van der Waals surface area contributed by atoms with Crippen LogP contribution in [0.3, 0.4) is 0 Å². The van der Waals surface area contributed by atoms with Gasteiger partial charge >= 0.3 is 6.03 Å². The highest BCUT2D eigenvalue weighted by Crippen LogP contribution is 2.24. The van der Waals surface area contributed by atoms with E-state index in [1.54, 1.807) is 23.4 Å². The van der Waals surface area contributed by atoms with Crippen molar-refractivity contribution in [3.63, 3.8) is 0 Å². The topological polar surface area (TPSA) is 72.3 Å². The van der Waals surface area contributed by atoms with Crippen molar-refractivity contribution in [2.75, 3.05) is 26.2 Å². The number of carbonyl (C=O) groups is 1. The molecule has 2 heterocycles. The summed E-state index contributed by atoms with van der Waals surface area (Å²) in [5.74, 6) is 1.22. The Balaban J connectivity index is 1.44. The molecule has 0 bridgehead atoms. The number of amides is 2. The van der Waals surface area contributed by atoms with Gasteiger partial charge in [-0.1, -0.05) is 6.07 Å². The van der Waals surface area contributed by atoms with Crippen LogP contribution in [0.15, 0.2) is 30.6 Å². The standard InChI is InChI=1S/C17H22FN5O2/c1-22-12-20-21-16(22)13-4-3-8-23(11-13)17(24)19-7-9-25-15-6-2-5-14(18)10-15/h2,5-6,10,12-13H,3-4,7-9,11H2,1H3,(H,19,24)/t13-/m0/s1. The highest BCUT2D eigenvalue weighted by atomic mass is 19.1. The van der Waals surface area contributed by atoms with Gasteiger partial charge in [0.2, 0.25) is 0 Å². The Kier molecular flexibility index (Phi) is 5.47. The zero-order valence-electron chi connectivity index (χ0n) is 14.2. The minimum atomic E-state index is -0.343. The molecule has 1 aliphatic rings. The number of nitrogens with one attached hydrogen (secondary N) is 1. The van der Waals surface area contributed by atoms with Gasteiger partial charge in [-0.25, -0.2) is 9.18 Å². The van der Waals surface area contributed by atoms with Gasteiger partial charge < -0.3 is 19.5 Å². The molecule has 7 nitrogen and oxygen atoms in total. The Morgan fingerprint density at radius 3 is 3.12 bits per heavy atom. The van der Waals surface area contributed by atoms with Crippen LogP contribution in [0.4, 0.5) is 9.18 Å². The number of likely N-dealkylation sites (tertiary alicyclic amines) is 1. The first-order chi connectivity index (χ1) is 12.1. The maximum atomic E-state index is 13.1. The normalized spacial score (nSPS) is 17.4. The van der Waals surface area contributed by atoms with E-state index in [-0.39, 0.29) is 24.4 Å². The van der Waals surface area contributed by atoms with Crippen LogP contribution in [-0.4, -0.2) is 51.9 Å². The van der Waals surface area contributed by atoms with Gasteiger partial charge in [-0.3, -0.25) is 0 Å². The van der Waals surface area contributed by atoms with E-state index in [4.69, 9.17) is 4.74 Å². The summed E-state index contributed by atoms with van der Waals surface area (Å²) < 4.78 is 20.4. The molecule has 1 N–H and O–H groups in total. The predicted octanol–water partition coefficient (Wildman–Crippen LogP) is 1.92. The lowest BCUT2D eigenvalue weighted by molar-refractivity contribution is 0.175. The van der Waals surface area contributed by atoms with E-state index >= 15 is 0 Å². The van der Waals surface area contributed by atoms with Gasteiger partial charge in [-0.15, -0.1) is 10.2 Å². The number of piperidine rings is 1. The Morgan fingerprint density at radius 2 is 2.36 bits per heavy atom. The number of urea groups is 1. The molecule has 0 spiro atoms. The molecule has 1 fully saturated rings. The number of aromatic nitrogens is 3. The predicted molar refractivity (Wildman–Crippen MR) is 89.8 cm³/mol. The molecule has 134 valence electrons. The van der Waals surface area contributed by atoms with Crippen LogP contribution in [0.5, 0.6) is 5.75 Å². The van der Waals surface area contributed by atoms with Crippen LogP contribution in [0, 0.1) is 5.82 Å². The Labute approximate surface area is 145 Å². The van der Waals surface area contributed by atoms with Gasteiger partial charge in [0.25, 0.3) is 0 Å². The molecule has 0 radical (unpaired) electrons. The van der Waals surface area contributed by atoms with Crippen LogP contribution in [0.1, 0.15) is 24.6 Å². The summed E-state index contributed by atoms with van der Waals surface area (Å²) >= 11 is 0. The van der Waals surface area contributed by atoms with E-state index in [1.165, 1.54) is 12.1 Å². The van der Waals surface area contributed by atoms with Crippen LogP contribution in [0.25, 0.3) is 0 Å². The Bertz CT molecular complexity index is 721. The maximum absolute atomic E-state index is 13.1. The summed E-state index contributed by atoms with van der Waals surface area (Å²) in [7, 11) is 1.91. The molecule has 25 heavy (non-hydrogen) atoms. The van der Waals surface area contributed by atoms with E-state index in [1.807, 2.05) is 11.6 Å². The van der Waals surface area contributed by atoms with Gasteiger partial charge in [-0.2, -0.15) is 0 Å². The second kappa shape index (κ2) is 7.96. The van der Waals surface area contributed by atoms with Crippen LogP contribution in [-0.2, 0) is 7.05 Å². The molecule has 0 saturated carbocycles. The number of halogens is 1. The fourth-order valence-electron chi connectivity index (χ4n) is 3.03. The first-order valence-corrected chi connectivity index (χ1v) is 8.38. The summed E-state index contributed by atoms with van der Waals surface area (Å²) in [5.41, 5.74) is 0. The third-order valence-electron chi connectivity index (χ3n) is 4.26. The smallest absolute Gasteiger partial charge is 0.317 e. The molecule has 1 aliphatic heterocycles. The van der Waals surface area contributed by atoms with Crippen LogP contribution >= 0.6 is 0 Å². The van der Waals surface area contributed by atoms with Gasteiger partial charge in [0, 0.05) is 32.1 Å². The minimum Gasteiger partial charge on any atom is -0.492 e. The van der Waals surface area contributed by atoms with E-state index in [9.17, 15) is 9.18 Å². The Hall–Kier alpha value is -2.64. The van der Waals surface area contributed by atoms with E-state index in [0.717, 1.165) is 25.2 Å². The zero-order chi connectivity index (χ0) is 17.6. The highest BCUT2D eigenvalue weighted by molar-refractivity contribution is 5.74. The van der Waals surface area contributed by atoms with Gasteiger partial charge in [0.05, 0.1) is 6.54 Å². The average Bonchev–Trinajstić information content (AvgIpc) is 3.05. The summed E-state index contributed by atoms with van der Waals surface area (Å²) in [6.45, 7) is 2.00. The number of carbonyl (C=O) groups excluding carboxylic acids is 1. The van der Waals surface area contributed by atoms with E-state index in [0.29, 0.717) is 18.8 Å². The quantitative estimate of drug-likeness (QED) is 0.839. The third-order valence-corrected chi connectivity index (χ3v) is 4.26. The number of nitrogens with zero attached hydrogens (tertiary/aromatic N) is 4. The van der Waals surface area contributed by atoms with E-state index in [2.05, 4.69) is 15.5 Å². The summed E-state index contributed by atoms with van der Waals surface area (Å²) in [6.07, 6.45) is 3.61. The molecule has 3 rings (SSSR count). The van der Waals surface area contributed by atoms with Crippen LogP contribution < -0.4 is 10.1 Å². The summed E-state index contributed by atoms with van der Waals surface area (Å²) in [4.78, 5) is 14.1. The molecule has 1 aromatic heterocycles. The van der Waals surface area contributed by atoms with Crippen LogP contribution in [0.2, 0.25) is 0 Å². The van der Waals surface area contributed by atoms with Gasteiger partial charge in [0.15, 0.2) is 0 Å². The molecule has 0 aliphatic carbocycles. The first kappa shape index (κ1) is 17.2. The molecule has 8 heteroatoms. The van der Waals surface area contributed by atoms with Crippen molar-refractivity contribution < 1.29 is 13.9 Å². The van der Waals surface area contributed by atoms with Crippen molar-refractivity contribution >= 4 is 6.03 Å². The monoisotopic (exact) mass is 347 g/mol. The van der Waals surface area contributed by atoms with Crippen molar-refractivity contribution in [1.82, 2.24) is 25.0 Å². The number of hydrogen-bond donors (Lipinski definition) is 1. The summed E-state index contributed by atoms with van der Waals surface area (Å²) in [5, 5.41) is 10.9. The summed E-state index contributed by atoms with van der Waals surface area (Å²) in [6, 6.07) is 5.83. The lowest BCUT2D eigenvalue weighted by Gasteiger charge is -2.32. The zero-order valence-corrected chi connectivity index (χ0v) is 14.2. The lowest BCUT2D eigenvalue weighted by Crippen LogP contribution is -2.46. The maximum Gasteiger partial charge on any atom is 0.317 e. The van der Waals surface area contributed by atoms with Crippen molar-refractivity contribution in [3.8, 4) is 5.75 Å². The first-order valence-electron chi connectivity index (χ1n) is 8.38. The SMILES string of the molecule is Cn1cnnc1[C@H]1CCCN(C(=O)NCCOc2cccc(F)c2)C1. The fourth-order valence-corrected chi connectivity index (χ4v) is 3.03. The van der Waals surface area contributed by atoms with E-state index < -0.39 is 0 Å². The van der Waals surface area contributed by atoms with Crippen molar-refractivity contribution in [2.24, 2.45) is 7.05 Å². The fraction of sp³-hybridized carbons (Fsp3) is 0.471. The molecule has 2 aromatic rings. The third kappa shape index (κ3) is 4.46. The molecular weight excluding hydrogens is 325 g/mol. The molecule has 0 unspecified atom stereocenters. The van der Waals surface area contributed by atoms with Crippen molar-refractivity contribution in [1.29, 1.82) is 0 Å². The van der Waals surface area contributed by atoms with Gasteiger partial charge in [0.1, 0.15) is 30.3 Å². The second-order valence-corrected chi connectivity index (χ2v) is 6.12. The number of hydrogen-bond acceptors (Lipinski definition) is 4. The van der Waals surface area contributed by atoms with Gasteiger partial charge in [-0.05, 0) is 25.0 Å². The molecular formula is C17H22FN5O2. The molecule has 1 atom stereocenters. The molecule has 1 aromatic carbocycles. The Morgan fingerprint density at radius 1 is 1.48 bits per heavy atom. The lowest BCUT2D eigenvalue weighted by atomic mass is 9.97. The largest absolute Gasteiger partial charge is 0.492 e. The van der Waals surface area contributed by atoms with Crippen molar-refractivity contribution in [2.45, 2.75) is 18.8 Å². The number of ether oxygens (including phenoxy) is 1. The molecule has 2 amide bonds.